The fraction of sp³-hybridized carbons (Fsp3) is 0.300. The number of hydrogen-bond donors (Lipinski definition) is 2. The highest BCUT2D eigenvalue weighted by molar-refractivity contribution is 7.14. The molecule has 0 atom stereocenters. The van der Waals surface area contributed by atoms with E-state index in [1.54, 1.807) is 38.7 Å². The molecule has 164 valence electrons. The van der Waals surface area contributed by atoms with Crippen molar-refractivity contribution in [1.82, 2.24) is 9.97 Å². The lowest BCUT2D eigenvalue weighted by Gasteiger charge is -2.10. The van der Waals surface area contributed by atoms with E-state index in [9.17, 15) is 9.59 Å². The molecule has 0 saturated carbocycles. The molecule has 0 radical (unpaired) electrons. The fourth-order valence-corrected chi connectivity index (χ4v) is 4.05. The van der Waals surface area contributed by atoms with Crippen LogP contribution in [-0.2, 0) is 27.2 Å². The number of anilines is 3. The molecular formula is C20H22N4O5S2. The molecule has 2 N–H and O–H groups in total. The molecule has 1 amide bonds. The minimum atomic E-state index is -0.346. The second-order valence-corrected chi connectivity index (χ2v) is 7.90. The summed E-state index contributed by atoms with van der Waals surface area (Å²) in [7, 11) is 3.18. The SMILES string of the molecule is CCOC(=O)Cc1csc(NC(=O)Cc2csc(Nc3cc(OC)ccc3OC)n2)n1. The van der Waals surface area contributed by atoms with Gasteiger partial charge in [0.15, 0.2) is 10.3 Å². The summed E-state index contributed by atoms with van der Waals surface area (Å²) in [5, 5.41) is 10.5. The van der Waals surface area contributed by atoms with Crippen molar-refractivity contribution in [2.45, 2.75) is 19.8 Å². The first kappa shape index (κ1) is 22.5. The van der Waals surface area contributed by atoms with Crippen molar-refractivity contribution in [1.29, 1.82) is 0 Å². The number of thiazole rings is 2. The molecule has 0 fully saturated rings. The van der Waals surface area contributed by atoms with Crippen LogP contribution in [0.1, 0.15) is 18.3 Å². The third-order valence-electron chi connectivity index (χ3n) is 3.97. The Labute approximate surface area is 187 Å². The molecule has 0 aliphatic carbocycles. The van der Waals surface area contributed by atoms with E-state index in [1.165, 1.54) is 22.7 Å². The van der Waals surface area contributed by atoms with Gasteiger partial charge in [-0.15, -0.1) is 22.7 Å². The van der Waals surface area contributed by atoms with Crippen LogP contribution in [0.2, 0.25) is 0 Å². The first-order valence-electron chi connectivity index (χ1n) is 9.34. The van der Waals surface area contributed by atoms with Gasteiger partial charge in [-0.3, -0.25) is 9.59 Å². The van der Waals surface area contributed by atoms with Crippen molar-refractivity contribution in [3.63, 3.8) is 0 Å². The van der Waals surface area contributed by atoms with Gasteiger partial charge in [-0.1, -0.05) is 0 Å². The molecule has 11 heteroatoms. The van der Waals surface area contributed by atoms with Gasteiger partial charge in [0, 0.05) is 16.8 Å². The van der Waals surface area contributed by atoms with E-state index >= 15 is 0 Å². The minimum Gasteiger partial charge on any atom is -0.497 e. The Morgan fingerprint density at radius 1 is 1.00 bits per heavy atom. The van der Waals surface area contributed by atoms with Crippen molar-refractivity contribution in [2.75, 3.05) is 31.5 Å². The zero-order chi connectivity index (χ0) is 22.2. The molecule has 0 saturated heterocycles. The molecule has 31 heavy (non-hydrogen) atoms. The summed E-state index contributed by atoms with van der Waals surface area (Å²) < 4.78 is 15.5. The van der Waals surface area contributed by atoms with Crippen molar-refractivity contribution in [3.8, 4) is 11.5 Å². The molecule has 0 spiro atoms. The topological polar surface area (TPSA) is 112 Å². The van der Waals surface area contributed by atoms with Crippen molar-refractivity contribution >= 4 is 50.5 Å². The summed E-state index contributed by atoms with van der Waals surface area (Å²) in [5.74, 6) is 0.747. The highest BCUT2D eigenvalue weighted by Crippen LogP contribution is 2.32. The average molecular weight is 463 g/mol. The van der Waals surface area contributed by atoms with Crippen LogP contribution < -0.4 is 20.1 Å². The fourth-order valence-electron chi connectivity index (χ4n) is 2.61. The average Bonchev–Trinajstić information content (AvgIpc) is 3.37. The maximum Gasteiger partial charge on any atom is 0.311 e. The summed E-state index contributed by atoms with van der Waals surface area (Å²) >= 11 is 2.63. The van der Waals surface area contributed by atoms with Gasteiger partial charge >= 0.3 is 5.97 Å². The third kappa shape index (κ3) is 6.40. The Morgan fingerprint density at radius 2 is 1.71 bits per heavy atom. The summed E-state index contributed by atoms with van der Waals surface area (Å²) in [6.45, 7) is 2.07. The lowest BCUT2D eigenvalue weighted by atomic mass is 10.2. The van der Waals surface area contributed by atoms with Gasteiger partial charge in [-0.2, -0.15) is 0 Å². The number of ether oxygens (including phenoxy) is 3. The normalized spacial score (nSPS) is 10.4. The Hall–Kier alpha value is -3.18. The number of nitrogens with zero attached hydrogens (tertiary/aromatic N) is 2. The monoisotopic (exact) mass is 462 g/mol. The van der Waals surface area contributed by atoms with E-state index in [4.69, 9.17) is 14.2 Å². The lowest BCUT2D eigenvalue weighted by molar-refractivity contribution is -0.142. The van der Waals surface area contributed by atoms with E-state index in [1.807, 2.05) is 11.4 Å². The van der Waals surface area contributed by atoms with Crippen molar-refractivity contribution in [3.05, 3.63) is 40.3 Å². The minimum absolute atomic E-state index is 0.0784. The second kappa shape index (κ2) is 10.7. The molecule has 0 bridgehead atoms. The highest BCUT2D eigenvalue weighted by atomic mass is 32.1. The molecule has 9 nitrogen and oxygen atoms in total. The maximum atomic E-state index is 12.3. The molecule has 0 aliphatic heterocycles. The number of esters is 1. The van der Waals surface area contributed by atoms with E-state index in [2.05, 4.69) is 20.6 Å². The molecule has 2 aromatic heterocycles. The third-order valence-corrected chi connectivity index (χ3v) is 5.58. The number of rotatable bonds is 10. The molecule has 3 rings (SSSR count). The van der Waals surface area contributed by atoms with Crippen LogP contribution in [-0.4, -0.2) is 42.7 Å². The van der Waals surface area contributed by atoms with Gasteiger partial charge in [0.05, 0.1) is 50.7 Å². The quantitative estimate of drug-likeness (QED) is 0.439. The van der Waals surface area contributed by atoms with E-state index in [0.29, 0.717) is 45.4 Å². The summed E-state index contributed by atoms with van der Waals surface area (Å²) in [6, 6.07) is 5.41. The summed E-state index contributed by atoms with van der Waals surface area (Å²) in [5.41, 5.74) is 1.89. The Morgan fingerprint density at radius 3 is 2.42 bits per heavy atom. The van der Waals surface area contributed by atoms with Crippen molar-refractivity contribution < 1.29 is 23.8 Å². The van der Waals surface area contributed by atoms with Crippen LogP contribution in [0.3, 0.4) is 0 Å². The number of amides is 1. The molecule has 1 aromatic carbocycles. The molecule has 0 unspecified atom stereocenters. The number of methoxy groups -OCH3 is 2. The van der Waals surface area contributed by atoms with Crippen LogP contribution >= 0.6 is 22.7 Å². The maximum absolute atomic E-state index is 12.3. The van der Waals surface area contributed by atoms with Gasteiger partial charge < -0.3 is 24.8 Å². The van der Waals surface area contributed by atoms with E-state index in [-0.39, 0.29) is 24.7 Å². The predicted octanol–water partition coefficient (Wildman–Crippen LogP) is 3.65. The smallest absolute Gasteiger partial charge is 0.311 e. The Kier molecular flexibility index (Phi) is 7.79. The van der Waals surface area contributed by atoms with Gasteiger partial charge in [0.25, 0.3) is 0 Å². The molecule has 0 aliphatic rings. The van der Waals surface area contributed by atoms with Crippen molar-refractivity contribution in [2.24, 2.45) is 0 Å². The van der Waals surface area contributed by atoms with E-state index < -0.39 is 0 Å². The Balaban J connectivity index is 1.57. The zero-order valence-electron chi connectivity index (χ0n) is 17.3. The number of hydrogen-bond acceptors (Lipinski definition) is 10. The number of nitrogens with one attached hydrogen (secondary N) is 2. The first-order chi connectivity index (χ1) is 15.0. The van der Waals surface area contributed by atoms with Crippen LogP contribution in [0.5, 0.6) is 11.5 Å². The van der Waals surface area contributed by atoms with Crippen LogP contribution in [0.25, 0.3) is 0 Å². The number of carbonyl (C=O) groups excluding carboxylic acids is 2. The van der Waals surface area contributed by atoms with E-state index in [0.717, 1.165) is 0 Å². The van der Waals surface area contributed by atoms with Gasteiger partial charge in [-0.05, 0) is 19.1 Å². The highest BCUT2D eigenvalue weighted by Gasteiger charge is 2.13. The lowest BCUT2D eigenvalue weighted by Crippen LogP contribution is -2.14. The molecule has 3 aromatic rings. The Bertz CT molecular complexity index is 1050. The number of aromatic nitrogens is 2. The largest absolute Gasteiger partial charge is 0.497 e. The number of carbonyl (C=O) groups is 2. The van der Waals surface area contributed by atoms with Crippen LogP contribution in [0.15, 0.2) is 29.0 Å². The predicted molar refractivity (Wildman–Crippen MR) is 120 cm³/mol. The van der Waals surface area contributed by atoms with Gasteiger partial charge in [0.1, 0.15) is 11.5 Å². The number of benzene rings is 1. The van der Waals surface area contributed by atoms with Gasteiger partial charge in [-0.25, -0.2) is 9.97 Å². The van der Waals surface area contributed by atoms with Crippen LogP contribution in [0.4, 0.5) is 16.0 Å². The second-order valence-electron chi connectivity index (χ2n) is 6.19. The van der Waals surface area contributed by atoms with Crippen LogP contribution in [0, 0.1) is 0 Å². The van der Waals surface area contributed by atoms with Gasteiger partial charge in [0.2, 0.25) is 5.91 Å². The zero-order valence-corrected chi connectivity index (χ0v) is 18.9. The summed E-state index contributed by atoms with van der Waals surface area (Å²) in [4.78, 5) is 32.6. The molecular weight excluding hydrogens is 440 g/mol. The molecule has 2 heterocycles. The first-order valence-corrected chi connectivity index (χ1v) is 11.1. The standard InChI is InChI=1S/C20H22N4O5S2/c1-4-29-18(26)8-13-11-31-20(22-13)24-17(25)7-12-10-30-19(21-12)23-15-9-14(27-2)5-6-16(15)28-3/h5-6,9-11H,4,7-8H2,1-3H3,(H,21,23)(H,22,24,25). The summed E-state index contributed by atoms with van der Waals surface area (Å²) in [6.07, 6.45) is 0.176.